The van der Waals surface area contributed by atoms with E-state index in [1.807, 2.05) is 6.92 Å². The number of esters is 1. The van der Waals surface area contributed by atoms with Gasteiger partial charge in [-0.25, -0.2) is 0 Å². The van der Waals surface area contributed by atoms with E-state index in [1.165, 1.54) is 0 Å². The Morgan fingerprint density at radius 2 is 2.04 bits per heavy atom. The van der Waals surface area contributed by atoms with E-state index in [0.29, 0.717) is 13.2 Å². The number of carbonyl (C=O) groups is 1. The summed E-state index contributed by atoms with van der Waals surface area (Å²) >= 11 is 0. The fourth-order valence-corrected chi connectivity index (χ4v) is 3.17. The summed E-state index contributed by atoms with van der Waals surface area (Å²) < 4.78 is 10.6. The van der Waals surface area contributed by atoms with Gasteiger partial charge in [-0.3, -0.25) is 14.7 Å². The number of guanidine groups is 1. The van der Waals surface area contributed by atoms with Crippen molar-refractivity contribution in [2.75, 3.05) is 65.6 Å². The molecule has 2 aliphatic heterocycles. The summed E-state index contributed by atoms with van der Waals surface area (Å²) in [6.07, 6.45) is 1.90. The largest absolute Gasteiger partial charge is 0.466 e. The van der Waals surface area contributed by atoms with Crippen LogP contribution in [0.4, 0.5) is 0 Å². The van der Waals surface area contributed by atoms with Gasteiger partial charge in [-0.15, -0.1) is 24.0 Å². The second kappa shape index (κ2) is 12.7. The van der Waals surface area contributed by atoms with Crippen LogP contribution in [0.15, 0.2) is 4.99 Å². The number of rotatable bonds is 6. The third kappa shape index (κ3) is 7.65. The lowest BCUT2D eigenvalue weighted by molar-refractivity contribution is -0.149. The van der Waals surface area contributed by atoms with Gasteiger partial charge >= 0.3 is 5.97 Å². The van der Waals surface area contributed by atoms with Gasteiger partial charge in [-0.2, -0.15) is 0 Å². The molecule has 2 saturated heterocycles. The Hall–Kier alpha value is -0.610. The van der Waals surface area contributed by atoms with Crippen LogP contribution in [0.5, 0.6) is 0 Å². The van der Waals surface area contributed by atoms with Gasteiger partial charge in [0.15, 0.2) is 5.96 Å². The number of halogens is 1. The second-order valence-corrected chi connectivity index (χ2v) is 6.23. The molecule has 2 rings (SSSR count). The van der Waals surface area contributed by atoms with Crippen LogP contribution in [0.3, 0.4) is 0 Å². The average molecular weight is 468 g/mol. The average Bonchev–Trinajstić information content (AvgIpc) is 2.62. The third-order valence-corrected chi connectivity index (χ3v) is 4.46. The highest BCUT2D eigenvalue weighted by Gasteiger charge is 2.28. The molecule has 2 aliphatic rings. The molecule has 1 unspecified atom stereocenters. The molecule has 0 amide bonds. The van der Waals surface area contributed by atoms with Crippen LogP contribution >= 0.6 is 24.0 Å². The number of nitrogens with one attached hydrogen (secondary N) is 1. The Morgan fingerprint density at radius 3 is 2.72 bits per heavy atom. The number of aliphatic imine (C=N–C) groups is 1. The van der Waals surface area contributed by atoms with Crippen molar-refractivity contribution in [1.29, 1.82) is 0 Å². The first-order valence-corrected chi connectivity index (χ1v) is 9.24. The monoisotopic (exact) mass is 468 g/mol. The number of piperidine rings is 1. The van der Waals surface area contributed by atoms with Gasteiger partial charge in [0.1, 0.15) is 0 Å². The standard InChI is InChI=1S/C17H32N4O3.HI/c1-3-18-17(19-7-9-20-10-12-23-13-11-20)21-8-5-6-15(14-21)16(22)24-4-2;/h15H,3-14H2,1-2H3,(H,18,19);1H. The van der Waals surface area contributed by atoms with Crippen molar-refractivity contribution in [2.45, 2.75) is 26.7 Å². The molecule has 25 heavy (non-hydrogen) atoms. The van der Waals surface area contributed by atoms with E-state index in [0.717, 1.165) is 71.3 Å². The van der Waals surface area contributed by atoms with E-state index in [4.69, 9.17) is 14.5 Å². The summed E-state index contributed by atoms with van der Waals surface area (Å²) in [6.45, 7) is 12.2. The molecule has 1 atom stereocenters. The smallest absolute Gasteiger partial charge is 0.310 e. The molecule has 0 radical (unpaired) electrons. The Kier molecular flexibility index (Phi) is 11.4. The van der Waals surface area contributed by atoms with Gasteiger partial charge < -0.3 is 19.7 Å². The topological polar surface area (TPSA) is 66.4 Å². The van der Waals surface area contributed by atoms with Crippen LogP contribution in [-0.4, -0.2) is 87.4 Å². The van der Waals surface area contributed by atoms with E-state index in [9.17, 15) is 4.79 Å². The van der Waals surface area contributed by atoms with Crippen molar-refractivity contribution in [1.82, 2.24) is 15.1 Å². The molecule has 0 aromatic heterocycles. The first-order chi connectivity index (χ1) is 11.7. The minimum Gasteiger partial charge on any atom is -0.466 e. The molecular formula is C17H33IN4O3. The van der Waals surface area contributed by atoms with Crippen molar-refractivity contribution in [3.8, 4) is 0 Å². The quantitative estimate of drug-likeness (QED) is 0.274. The maximum absolute atomic E-state index is 12.0. The molecule has 2 fully saturated rings. The second-order valence-electron chi connectivity index (χ2n) is 6.23. The first-order valence-electron chi connectivity index (χ1n) is 9.24. The minimum atomic E-state index is -0.0774. The summed E-state index contributed by atoms with van der Waals surface area (Å²) in [5.74, 6) is 0.799. The fraction of sp³-hybridized carbons (Fsp3) is 0.882. The summed E-state index contributed by atoms with van der Waals surface area (Å²) in [7, 11) is 0. The molecule has 8 heteroatoms. The summed E-state index contributed by atoms with van der Waals surface area (Å²) in [6, 6.07) is 0. The lowest BCUT2D eigenvalue weighted by atomic mass is 9.98. The molecule has 0 aromatic rings. The van der Waals surface area contributed by atoms with Gasteiger partial charge in [-0.05, 0) is 26.7 Å². The van der Waals surface area contributed by atoms with E-state index < -0.39 is 0 Å². The molecule has 0 bridgehead atoms. The molecule has 7 nitrogen and oxygen atoms in total. The van der Waals surface area contributed by atoms with Crippen LogP contribution < -0.4 is 5.32 Å². The van der Waals surface area contributed by atoms with E-state index in [2.05, 4.69) is 22.0 Å². The number of morpholine rings is 1. The number of likely N-dealkylation sites (tertiary alicyclic amines) is 1. The van der Waals surface area contributed by atoms with E-state index >= 15 is 0 Å². The highest BCUT2D eigenvalue weighted by Crippen LogP contribution is 2.18. The molecule has 0 saturated carbocycles. The lowest BCUT2D eigenvalue weighted by Crippen LogP contribution is -2.48. The summed E-state index contributed by atoms with van der Waals surface area (Å²) in [5, 5.41) is 3.36. The number of ether oxygens (including phenoxy) is 2. The maximum atomic E-state index is 12.0. The molecule has 146 valence electrons. The van der Waals surface area contributed by atoms with Crippen LogP contribution in [0.25, 0.3) is 0 Å². The van der Waals surface area contributed by atoms with Gasteiger partial charge in [0.2, 0.25) is 0 Å². The maximum Gasteiger partial charge on any atom is 0.310 e. The molecule has 1 N–H and O–H groups in total. The summed E-state index contributed by atoms with van der Waals surface area (Å²) in [5.41, 5.74) is 0. The predicted octanol–water partition coefficient (Wildman–Crippen LogP) is 1.18. The van der Waals surface area contributed by atoms with E-state index in [1.54, 1.807) is 0 Å². The van der Waals surface area contributed by atoms with Gasteiger partial charge in [0, 0.05) is 39.3 Å². The van der Waals surface area contributed by atoms with Crippen LogP contribution in [0.1, 0.15) is 26.7 Å². The Morgan fingerprint density at radius 1 is 1.28 bits per heavy atom. The number of carbonyl (C=O) groups excluding carboxylic acids is 1. The van der Waals surface area contributed by atoms with Crippen molar-refractivity contribution >= 4 is 35.9 Å². The van der Waals surface area contributed by atoms with Gasteiger partial charge in [-0.1, -0.05) is 0 Å². The molecular weight excluding hydrogens is 435 g/mol. The SMILES string of the molecule is CCNC(=NCCN1CCOCC1)N1CCCC(C(=O)OCC)C1.I. The zero-order valence-electron chi connectivity index (χ0n) is 15.5. The molecule has 0 aliphatic carbocycles. The summed E-state index contributed by atoms with van der Waals surface area (Å²) in [4.78, 5) is 21.4. The van der Waals surface area contributed by atoms with Gasteiger partial charge in [0.05, 0.1) is 32.3 Å². The van der Waals surface area contributed by atoms with Crippen molar-refractivity contribution in [3.05, 3.63) is 0 Å². The zero-order chi connectivity index (χ0) is 17.2. The third-order valence-electron chi connectivity index (χ3n) is 4.46. The molecule has 2 heterocycles. The predicted molar refractivity (Wildman–Crippen MR) is 110 cm³/mol. The Labute approximate surface area is 168 Å². The Balaban J connectivity index is 0.00000312. The fourth-order valence-electron chi connectivity index (χ4n) is 3.17. The first kappa shape index (κ1) is 22.4. The molecule has 0 aromatic carbocycles. The van der Waals surface area contributed by atoms with Gasteiger partial charge in [0.25, 0.3) is 0 Å². The van der Waals surface area contributed by atoms with Crippen molar-refractivity contribution in [2.24, 2.45) is 10.9 Å². The molecule has 0 spiro atoms. The van der Waals surface area contributed by atoms with Crippen molar-refractivity contribution < 1.29 is 14.3 Å². The zero-order valence-corrected chi connectivity index (χ0v) is 17.9. The Bertz CT molecular complexity index is 417. The van der Waals surface area contributed by atoms with Crippen LogP contribution in [0.2, 0.25) is 0 Å². The lowest BCUT2D eigenvalue weighted by Gasteiger charge is -2.34. The minimum absolute atomic E-state index is 0. The van der Waals surface area contributed by atoms with Crippen LogP contribution in [-0.2, 0) is 14.3 Å². The van der Waals surface area contributed by atoms with E-state index in [-0.39, 0.29) is 35.9 Å². The number of nitrogens with zero attached hydrogens (tertiary/aromatic N) is 3. The highest BCUT2D eigenvalue weighted by atomic mass is 127. The van der Waals surface area contributed by atoms with Crippen molar-refractivity contribution in [3.63, 3.8) is 0 Å². The normalized spacial score (nSPS) is 22.2. The number of hydrogen-bond acceptors (Lipinski definition) is 5. The number of hydrogen-bond donors (Lipinski definition) is 1. The van der Waals surface area contributed by atoms with Crippen LogP contribution in [0, 0.1) is 5.92 Å². The highest BCUT2D eigenvalue weighted by molar-refractivity contribution is 14.0.